The van der Waals surface area contributed by atoms with Gasteiger partial charge in [0.25, 0.3) is 0 Å². The van der Waals surface area contributed by atoms with Crippen molar-refractivity contribution in [3.63, 3.8) is 0 Å². The van der Waals surface area contributed by atoms with E-state index in [2.05, 4.69) is 15.4 Å². The summed E-state index contributed by atoms with van der Waals surface area (Å²) in [4.78, 5) is 15.8. The lowest BCUT2D eigenvalue weighted by molar-refractivity contribution is 0.0690. The summed E-state index contributed by atoms with van der Waals surface area (Å²) in [5.74, 6) is -0.729. The average molecular weight is 271 g/mol. The van der Waals surface area contributed by atoms with E-state index in [9.17, 15) is 9.90 Å². The van der Waals surface area contributed by atoms with Gasteiger partial charge in [0.1, 0.15) is 5.65 Å². The second-order valence-electron chi connectivity index (χ2n) is 4.47. The highest BCUT2D eigenvalue weighted by Gasteiger charge is 2.19. The molecule has 0 saturated heterocycles. The van der Waals surface area contributed by atoms with Crippen molar-refractivity contribution in [2.24, 2.45) is 7.05 Å². The molecule has 102 valence electrons. The van der Waals surface area contributed by atoms with Gasteiger partial charge in [-0.25, -0.2) is 9.78 Å². The van der Waals surface area contributed by atoms with E-state index in [1.165, 1.54) is 4.40 Å². The number of carboxylic acid groups (broad SMARTS) is 1. The van der Waals surface area contributed by atoms with Crippen LogP contribution in [0.15, 0.2) is 30.6 Å². The van der Waals surface area contributed by atoms with Crippen molar-refractivity contribution in [3.8, 4) is 0 Å². The van der Waals surface area contributed by atoms with Gasteiger partial charge in [-0.05, 0) is 19.1 Å². The average Bonchev–Trinajstić information content (AvgIpc) is 2.89. The fourth-order valence-electron chi connectivity index (χ4n) is 2.14. The molecule has 0 saturated carbocycles. The number of nitrogens with zero attached hydrogens (tertiary/aromatic N) is 4. The molecule has 0 atom stereocenters. The molecule has 3 rings (SSSR count). The van der Waals surface area contributed by atoms with E-state index in [1.807, 2.05) is 13.0 Å². The number of nitrogens with one attached hydrogen (secondary N) is 1. The molecule has 0 aliphatic rings. The molecular formula is C13H13N5O2. The Bertz CT molecular complexity index is 802. The number of carbonyl (C=O) groups is 1. The van der Waals surface area contributed by atoms with E-state index in [0.717, 1.165) is 11.4 Å². The summed E-state index contributed by atoms with van der Waals surface area (Å²) < 4.78 is 3.20. The minimum absolute atomic E-state index is 0.101. The first-order valence-corrected chi connectivity index (χ1v) is 6.04. The lowest BCUT2D eigenvalue weighted by atomic mass is 10.3. The zero-order valence-electron chi connectivity index (χ0n) is 11.0. The molecule has 0 fully saturated rings. The molecule has 20 heavy (non-hydrogen) atoms. The second-order valence-corrected chi connectivity index (χ2v) is 4.47. The van der Waals surface area contributed by atoms with Gasteiger partial charge in [0.05, 0.1) is 11.4 Å². The summed E-state index contributed by atoms with van der Waals surface area (Å²) in [5.41, 5.74) is 2.19. The van der Waals surface area contributed by atoms with E-state index in [-0.39, 0.29) is 5.69 Å². The molecule has 0 amide bonds. The van der Waals surface area contributed by atoms with E-state index in [0.29, 0.717) is 11.5 Å². The van der Waals surface area contributed by atoms with Gasteiger partial charge in [0.2, 0.25) is 0 Å². The molecule has 0 aliphatic carbocycles. The molecule has 3 aromatic rings. The van der Waals surface area contributed by atoms with Crippen LogP contribution < -0.4 is 5.32 Å². The number of rotatable bonds is 3. The molecule has 0 spiro atoms. The molecule has 0 unspecified atom stereocenters. The van der Waals surface area contributed by atoms with Crippen LogP contribution in [0.2, 0.25) is 0 Å². The lowest BCUT2D eigenvalue weighted by Crippen LogP contribution is -2.05. The second kappa shape index (κ2) is 4.37. The van der Waals surface area contributed by atoms with Crippen LogP contribution in [0, 0.1) is 6.92 Å². The number of anilines is 2. The molecule has 7 heteroatoms. The number of hydrogen-bond donors (Lipinski definition) is 2. The fourth-order valence-corrected chi connectivity index (χ4v) is 2.14. The van der Waals surface area contributed by atoms with Crippen molar-refractivity contribution in [1.82, 2.24) is 19.2 Å². The molecule has 0 aliphatic heterocycles. The van der Waals surface area contributed by atoms with Crippen LogP contribution >= 0.6 is 0 Å². The van der Waals surface area contributed by atoms with E-state index >= 15 is 0 Å². The largest absolute Gasteiger partial charge is 0.476 e. The maximum Gasteiger partial charge on any atom is 0.356 e. The van der Waals surface area contributed by atoms with Gasteiger partial charge in [0.15, 0.2) is 11.5 Å². The van der Waals surface area contributed by atoms with Crippen molar-refractivity contribution in [2.75, 3.05) is 5.32 Å². The molecule has 0 bridgehead atoms. The zero-order chi connectivity index (χ0) is 14.3. The van der Waals surface area contributed by atoms with Crippen LogP contribution in [0.1, 0.15) is 16.2 Å². The van der Waals surface area contributed by atoms with Crippen LogP contribution in [0.25, 0.3) is 5.65 Å². The van der Waals surface area contributed by atoms with Gasteiger partial charge in [-0.1, -0.05) is 6.07 Å². The Hall–Kier alpha value is -2.83. The van der Waals surface area contributed by atoms with Crippen molar-refractivity contribution in [2.45, 2.75) is 6.92 Å². The van der Waals surface area contributed by atoms with Gasteiger partial charge in [-0.15, -0.1) is 0 Å². The number of hydrogen-bond acceptors (Lipinski definition) is 4. The fraction of sp³-hybridized carbons (Fsp3) is 0.154. The third-order valence-electron chi connectivity index (χ3n) is 3.00. The Labute approximate surface area is 114 Å². The van der Waals surface area contributed by atoms with Gasteiger partial charge in [-0.2, -0.15) is 5.10 Å². The lowest BCUT2D eigenvalue weighted by Gasteiger charge is -2.02. The Morgan fingerprint density at radius 3 is 2.85 bits per heavy atom. The highest BCUT2D eigenvalue weighted by atomic mass is 16.4. The van der Waals surface area contributed by atoms with Crippen LogP contribution in [0.5, 0.6) is 0 Å². The molecule has 0 radical (unpaired) electrons. The van der Waals surface area contributed by atoms with Gasteiger partial charge >= 0.3 is 5.97 Å². The zero-order valence-corrected chi connectivity index (χ0v) is 11.0. The SMILES string of the molecule is Cc1nn(C)cc1Nc1nc2ccccn2c1C(=O)O. The molecular weight excluding hydrogens is 258 g/mol. The van der Waals surface area contributed by atoms with Crippen LogP contribution in [-0.2, 0) is 7.05 Å². The Kier molecular flexibility index (Phi) is 2.67. The van der Waals surface area contributed by atoms with E-state index < -0.39 is 5.97 Å². The number of carboxylic acids is 1. The number of aromatic carboxylic acids is 1. The first-order chi connectivity index (χ1) is 9.56. The minimum Gasteiger partial charge on any atom is -0.476 e. The molecule has 3 heterocycles. The van der Waals surface area contributed by atoms with Crippen molar-refractivity contribution in [3.05, 3.63) is 42.0 Å². The van der Waals surface area contributed by atoms with Gasteiger partial charge < -0.3 is 10.4 Å². The predicted octanol–water partition coefficient (Wildman–Crippen LogP) is 1.82. The standard InChI is InChI=1S/C13H13N5O2/c1-8-9(7-17(2)16-8)14-12-11(13(19)20)18-6-4-3-5-10(18)15-12/h3-7,14H,1-2H3,(H,19,20). The molecule has 0 aromatic carbocycles. The summed E-state index contributed by atoms with van der Waals surface area (Å²) in [6.07, 6.45) is 3.46. The number of aromatic nitrogens is 4. The topological polar surface area (TPSA) is 84.5 Å². The molecule has 3 aromatic heterocycles. The van der Waals surface area contributed by atoms with Gasteiger partial charge in [0, 0.05) is 19.4 Å². The Morgan fingerprint density at radius 2 is 2.20 bits per heavy atom. The number of imidazole rings is 1. The van der Waals surface area contributed by atoms with E-state index in [4.69, 9.17) is 0 Å². The van der Waals surface area contributed by atoms with E-state index in [1.54, 1.807) is 36.3 Å². The molecule has 2 N–H and O–H groups in total. The Morgan fingerprint density at radius 1 is 1.40 bits per heavy atom. The summed E-state index contributed by atoms with van der Waals surface area (Å²) in [6, 6.07) is 5.33. The third-order valence-corrected chi connectivity index (χ3v) is 3.00. The van der Waals surface area contributed by atoms with Crippen molar-refractivity contribution >= 4 is 23.1 Å². The number of fused-ring (bicyclic) bond motifs is 1. The predicted molar refractivity (Wildman–Crippen MR) is 73.4 cm³/mol. The monoisotopic (exact) mass is 271 g/mol. The molecule has 7 nitrogen and oxygen atoms in total. The maximum absolute atomic E-state index is 11.5. The first kappa shape index (κ1) is 12.2. The van der Waals surface area contributed by atoms with Crippen LogP contribution in [0.3, 0.4) is 0 Å². The normalized spacial score (nSPS) is 10.9. The number of aryl methyl sites for hydroxylation is 2. The third kappa shape index (κ3) is 1.89. The van der Waals surface area contributed by atoms with Crippen molar-refractivity contribution < 1.29 is 9.90 Å². The summed E-state index contributed by atoms with van der Waals surface area (Å²) in [7, 11) is 1.81. The summed E-state index contributed by atoms with van der Waals surface area (Å²) >= 11 is 0. The number of pyridine rings is 1. The Balaban J connectivity index is 2.13. The summed E-state index contributed by atoms with van der Waals surface area (Å²) in [5, 5.41) is 16.6. The first-order valence-electron chi connectivity index (χ1n) is 6.04. The van der Waals surface area contributed by atoms with Crippen LogP contribution in [-0.4, -0.2) is 30.2 Å². The van der Waals surface area contributed by atoms with Crippen molar-refractivity contribution in [1.29, 1.82) is 0 Å². The highest BCUT2D eigenvalue weighted by Crippen LogP contribution is 2.23. The summed E-state index contributed by atoms with van der Waals surface area (Å²) in [6.45, 7) is 1.85. The maximum atomic E-state index is 11.5. The van der Waals surface area contributed by atoms with Gasteiger partial charge in [-0.3, -0.25) is 9.08 Å². The highest BCUT2D eigenvalue weighted by molar-refractivity contribution is 5.94. The quantitative estimate of drug-likeness (QED) is 0.759. The van der Waals surface area contributed by atoms with Crippen LogP contribution in [0.4, 0.5) is 11.5 Å². The smallest absolute Gasteiger partial charge is 0.356 e. The minimum atomic E-state index is -1.03.